The van der Waals surface area contributed by atoms with Gasteiger partial charge in [0.05, 0.1) is 5.71 Å². The number of hydrogen-bond donors (Lipinski definition) is 1. The summed E-state index contributed by atoms with van der Waals surface area (Å²) in [6.07, 6.45) is 0.740. The minimum atomic E-state index is -0.277. The molecule has 0 aliphatic carbocycles. The molecular formula is C17H18N2O2. The van der Waals surface area contributed by atoms with E-state index in [4.69, 9.17) is 4.74 Å². The van der Waals surface area contributed by atoms with Crippen molar-refractivity contribution in [1.29, 1.82) is 0 Å². The fourth-order valence-corrected chi connectivity index (χ4v) is 1.81. The van der Waals surface area contributed by atoms with E-state index in [0.717, 1.165) is 17.7 Å². The summed E-state index contributed by atoms with van der Waals surface area (Å²) in [5, 5.41) is 4.16. The second-order valence-corrected chi connectivity index (χ2v) is 4.41. The average molecular weight is 282 g/mol. The van der Waals surface area contributed by atoms with Gasteiger partial charge in [-0.3, -0.25) is 4.79 Å². The number of para-hydroxylation sites is 1. The molecular weight excluding hydrogens is 264 g/mol. The fourth-order valence-electron chi connectivity index (χ4n) is 1.81. The summed E-state index contributed by atoms with van der Waals surface area (Å²) in [6.45, 7) is 1.94. The van der Waals surface area contributed by atoms with Gasteiger partial charge >= 0.3 is 0 Å². The molecule has 0 aliphatic heterocycles. The van der Waals surface area contributed by atoms with Crippen LogP contribution < -0.4 is 10.2 Å². The highest BCUT2D eigenvalue weighted by Gasteiger charge is 2.04. The Hall–Kier alpha value is -2.62. The maximum Gasteiger partial charge on any atom is 0.277 e. The molecule has 0 bridgehead atoms. The van der Waals surface area contributed by atoms with Crippen molar-refractivity contribution in [2.75, 3.05) is 6.61 Å². The van der Waals surface area contributed by atoms with Gasteiger partial charge in [0.2, 0.25) is 0 Å². The van der Waals surface area contributed by atoms with E-state index in [1.165, 1.54) is 0 Å². The molecule has 4 nitrogen and oxygen atoms in total. The van der Waals surface area contributed by atoms with Crippen LogP contribution in [-0.4, -0.2) is 18.2 Å². The van der Waals surface area contributed by atoms with Crippen molar-refractivity contribution in [2.24, 2.45) is 5.10 Å². The Morgan fingerprint density at radius 2 is 1.67 bits per heavy atom. The number of benzene rings is 2. The van der Waals surface area contributed by atoms with Crippen LogP contribution in [0.3, 0.4) is 0 Å². The van der Waals surface area contributed by atoms with Crippen molar-refractivity contribution in [3.63, 3.8) is 0 Å². The first-order valence-corrected chi connectivity index (χ1v) is 6.88. The van der Waals surface area contributed by atoms with Gasteiger partial charge in [-0.1, -0.05) is 55.5 Å². The summed E-state index contributed by atoms with van der Waals surface area (Å²) in [7, 11) is 0. The zero-order valence-corrected chi connectivity index (χ0v) is 12.0. The van der Waals surface area contributed by atoms with Crippen molar-refractivity contribution in [3.05, 3.63) is 66.2 Å². The van der Waals surface area contributed by atoms with Crippen LogP contribution in [0.2, 0.25) is 0 Å². The highest BCUT2D eigenvalue weighted by molar-refractivity contribution is 6.00. The minimum absolute atomic E-state index is 0.0563. The smallest absolute Gasteiger partial charge is 0.277 e. The normalized spacial score (nSPS) is 11.0. The van der Waals surface area contributed by atoms with Gasteiger partial charge in [0, 0.05) is 0 Å². The third-order valence-corrected chi connectivity index (χ3v) is 2.87. The first-order valence-electron chi connectivity index (χ1n) is 6.88. The average Bonchev–Trinajstić information content (AvgIpc) is 2.55. The van der Waals surface area contributed by atoms with Crippen LogP contribution in [-0.2, 0) is 4.79 Å². The zero-order valence-electron chi connectivity index (χ0n) is 12.0. The predicted octanol–water partition coefficient (Wildman–Crippen LogP) is 3.00. The molecule has 0 fully saturated rings. The Morgan fingerprint density at radius 3 is 2.29 bits per heavy atom. The zero-order chi connectivity index (χ0) is 14.9. The molecule has 0 unspecified atom stereocenters. The monoisotopic (exact) mass is 282 g/mol. The number of hydrazone groups is 1. The van der Waals surface area contributed by atoms with Crippen LogP contribution in [0.15, 0.2) is 65.8 Å². The lowest BCUT2D eigenvalue weighted by Crippen LogP contribution is -2.26. The molecule has 0 atom stereocenters. The van der Waals surface area contributed by atoms with Crippen LogP contribution in [0, 0.1) is 0 Å². The van der Waals surface area contributed by atoms with Crippen molar-refractivity contribution in [2.45, 2.75) is 13.3 Å². The van der Waals surface area contributed by atoms with Gasteiger partial charge in [-0.15, -0.1) is 0 Å². The maximum atomic E-state index is 11.7. The molecule has 1 N–H and O–H groups in total. The van der Waals surface area contributed by atoms with Crippen LogP contribution >= 0.6 is 0 Å². The number of carbonyl (C=O) groups excluding carboxylic acids is 1. The van der Waals surface area contributed by atoms with Crippen molar-refractivity contribution in [1.82, 2.24) is 5.43 Å². The van der Waals surface area contributed by atoms with Crippen LogP contribution in [0.5, 0.6) is 5.75 Å². The van der Waals surface area contributed by atoms with Crippen LogP contribution in [0.25, 0.3) is 0 Å². The summed E-state index contributed by atoms with van der Waals surface area (Å²) in [5.74, 6) is 0.385. The van der Waals surface area contributed by atoms with Crippen molar-refractivity contribution >= 4 is 11.6 Å². The topological polar surface area (TPSA) is 50.7 Å². The van der Waals surface area contributed by atoms with Crippen LogP contribution in [0.4, 0.5) is 0 Å². The summed E-state index contributed by atoms with van der Waals surface area (Å²) in [6, 6.07) is 19.0. The third-order valence-electron chi connectivity index (χ3n) is 2.87. The molecule has 2 aromatic rings. The van der Waals surface area contributed by atoms with E-state index in [1.54, 1.807) is 12.1 Å². The molecule has 1 amide bonds. The largest absolute Gasteiger partial charge is 0.484 e. The van der Waals surface area contributed by atoms with E-state index in [2.05, 4.69) is 10.5 Å². The second kappa shape index (κ2) is 7.85. The molecule has 0 aliphatic rings. The highest BCUT2D eigenvalue weighted by atomic mass is 16.5. The number of hydrogen-bond acceptors (Lipinski definition) is 3. The number of nitrogens with one attached hydrogen (secondary N) is 1. The van der Waals surface area contributed by atoms with E-state index >= 15 is 0 Å². The minimum Gasteiger partial charge on any atom is -0.484 e. The Bertz CT molecular complexity index is 595. The second-order valence-electron chi connectivity index (χ2n) is 4.41. The maximum absolute atomic E-state index is 11.7. The van der Waals surface area contributed by atoms with Crippen molar-refractivity contribution in [3.8, 4) is 5.75 Å². The SMILES string of the molecule is CC/C(=N\NC(=O)COc1ccccc1)c1ccccc1. The Labute approximate surface area is 124 Å². The van der Waals surface area contributed by atoms with Gasteiger partial charge in [0.25, 0.3) is 5.91 Å². The molecule has 0 saturated carbocycles. The summed E-state index contributed by atoms with van der Waals surface area (Å²) >= 11 is 0. The van der Waals surface area contributed by atoms with Gasteiger partial charge < -0.3 is 4.74 Å². The molecule has 0 aromatic heterocycles. The number of carbonyl (C=O) groups is 1. The Balaban J connectivity index is 1.88. The summed E-state index contributed by atoms with van der Waals surface area (Å²) < 4.78 is 5.36. The van der Waals surface area contributed by atoms with Crippen LogP contribution in [0.1, 0.15) is 18.9 Å². The van der Waals surface area contributed by atoms with E-state index in [1.807, 2.05) is 55.5 Å². The molecule has 0 saturated heterocycles. The summed E-state index contributed by atoms with van der Waals surface area (Å²) in [4.78, 5) is 11.7. The number of nitrogens with zero attached hydrogens (tertiary/aromatic N) is 1. The van der Waals surface area contributed by atoms with Gasteiger partial charge in [0.1, 0.15) is 5.75 Å². The molecule has 2 rings (SSSR count). The highest BCUT2D eigenvalue weighted by Crippen LogP contribution is 2.07. The van der Waals surface area contributed by atoms with E-state index < -0.39 is 0 Å². The Kier molecular flexibility index (Phi) is 5.52. The third kappa shape index (κ3) is 4.76. The van der Waals surface area contributed by atoms with Gasteiger partial charge in [-0.25, -0.2) is 5.43 Å². The summed E-state index contributed by atoms with van der Waals surface area (Å²) in [5.41, 5.74) is 4.37. The first-order chi connectivity index (χ1) is 10.3. The lowest BCUT2D eigenvalue weighted by molar-refractivity contribution is -0.123. The molecule has 0 radical (unpaired) electrons. The molecule has 4 heteroatoms. The van der Waals surface area contributed by atoms with Gasteiger partial charge in [0.15, 0.2) is 6.61 Å². The molecule has 0 heterocycles. The standard InChI is InChI=1S/C17H18N2O2/c1-2-16(14-9-5-3-6-10-14)18-19-17(20)13-21-15-11-7-4-8-12-15/h3-12H,2,13H2,1H3,(H,19,20)/b18-16+. The van der Waals surface area contributed by atoms with E-state index in [-0.39, 0.29) is 12.5 Å². The lowest BCUT2D eigenvalue weighted by Gasteiger charge is -2.06. The van der Waals surface area contributed by atoms with E-state index in [9.17, 15) is 4.79 Å². The fraction of sp³-hybridized carbons (Fsp3) is 0.176. The number of ether oxygens (including phenoxy) is 1. The predicted molar refractivity (Wildman–Crippen MR) is 83.3 cm³/mol. The number of amides is 1. The molecule has 0 spiro atoms. The van der Waals surface area contributed by atoms with E-state index in [0.29, 0.717) is 5.75 Å². The Morgan fingerprint density at radius 1 is 1.05 bits per heavy atom. The molecule has 108 valence electrons. The quantitative estimate of drug-likeness (QED) is 0.654. The first kappa shape index (κ1) is 14.8. The number of rotatable bonds is 6. The molecule has 2 aromatic carbocycles. The van der Waals surface area contributed by atoms with Gasteiger partial charge in [-0.05, 0) is 24.1 Å². The molecule has 21 heavy (non-hydrogen) atoms. The van der Waals surface area contributed by atoms with Gasteiger partial charge in [-0.2, -0.15) is 5.10 Å². The van der Waals surface area contributed by atoms with Crippen molar-refractivity contribution < 1.29 is 9.53 Å². The lowest BCUT2D eigenvalue weighted by atomic mass is 10.1.